The summed E-state index contributed by atoms with van der Waals surface area (Å²) < 4.78 is 5.32. The first-order valence-electron chi connectivity index (χ1n) is 9.47. The van der Waals surface area contributed by atoms with Crippen LogP contribution in [0.5, 0.6) is 0 Å². The molecule has 1 saturated heterocycles. The van der Waals surface area contributed by atoms with Crippen LogP contribution in [0.1, 0.15) is 26.3 Å². The van der Waals surface area contributed by atoms with E-state index in [0.29, 0.717) is 26.3 Å². The van der Waals surface area contributed by atoms with E-state index < -0.39 is 17.9 Å². The maximum absolute atomic E-state index is 13.4. The topological polar surface area (TPSA) is 66.9 Å². The number of imide groups is 1. The molecule has 2 heterocycles. The molecule has 10 heteroatoms. The minimum atomic E-state index is -1.09. The van der Waals surface area contributed by atoms with Crippen molar-refractivity contribution in [3.05, 3.63) is 67.1 Å². The lowest BCUT2D eigenvalue weighted by atomic mass is 10.0. The highest BCUT2D eigenvalue weighted by molar-refractivity contribution is 6.55. The Morgan fingerprint density at radius 3 is 1.90 bits per heavy atom. The summed E-state index contributed by atoms with van der Waals surface area (Å²) in [6.07, 6.45) is 0.138. The van der Waals surface area contributed by atoms with E-state index in [-0.39, 0.29) is 43.5 Å². The van der Waals surface area contributed by atoms with Crippen molar-refractivity contribution in [3.8, 4) is 0 Å². The lowest BCUT2D eigenvalue weighted by Crippen LogP contribution is -2.54. The number of hydrogen-bond acceptors (Lipinski definition) is 4. The van der Waals surface area contributed by atoms with Crippen LogP contribution in [0.4, 0.5) is 0 Å². The Morgan fingerprint density at radius 1 is 0.871 bits per heavy atom. The van der Waals surface area contributed by atoms with Gasteiger partial charge in [-0.15, -0.1) is 0 Å². The summed E-state index contributed by atoms with van der Waals surface area (Å²) in [6.45, 7) is 1.50. The van der Waals surface area contributed by atoms with E-state index in [0.717, 1.165) is 10.5 Å². The van der Waals surface area contributed by atoms with Gasteiger partial charge in [-0.25, -0.2) is 0 Å². The van der Waals surface area contributed by atoms with Crippen LogP contribution in [0.25, 0.3) is 0 Å². The minimum absolute atomic E-state index is 0.116. The van der Waals surface area contributed by atoms with E-state index in [2.05, 4.69) is 0 Å². The normalized spacial score (nSPS) is 17.2. The molecule has 1 atom stereocenters. The predicted octanol–water partition coefficient (Wildman–Crippen LogP) is 4.37. The summed E-state index contributed by atoms with van der Waals surface area (Å²) in [5.74, 6) is -1.81. The Labute approximate surface area is 198 Å². The molecule has 1 fully saturated rings. The van der Waals surface area contributed by atoms with Gasteiger partial charge in [0.05, 0.1) is 44.4 Å². The number of rotatable bonds is 4. The van der Waals surface area contributed by atoms with Crippen molar-refractivity contribution in [2.24, 2.45) is 0 Å². The lowest BCUT2D eigenvalue weighted by molar-refractivity contribution is -0.139. The highest BCUT2D eigenvalue weighted by atomic mass is 35.5. The maximum Gasteiger partial charge on any atom is 0.263 e. The molecule has 0 aromatic heterocycles. The third-order valence-corrected chi connectivity index (χ3v) is 7.13. The molecule has 31 heavy (non-hydrogen) atoms. The number of hydrogen-bond donors (Lipinski definition) is 0. The molecule has 0 saturated carbocycles. The van der Waals surface area contributed by atoms with Crippen molar-refractivity contribution in [1.82, 2.24) is 9.80 Å². The number of morpholine rings is 1. The van der Waals surface area contributed by atoms with Crippen LogP contribution in [0.15, 0.2) is 30.3 Å². The molecule has 1 unspecified atom stereocenters. The molecule has 2 aliphatic heterocycles. The number of nitrogens with zero attached hydrogens (tertiary/aromatic N) is 2. The zero-order valence-electron chi connectivity index (χ0n) is 16.0. The molecule has 2 aromatic carbocycles. The molecule has 0 bridgehead atoms. The molecule has 6 nitrogen and oxygen atoms in total. The van der Waals surface area contributed by atoms with Crippen molar-refractivity contribution in [2.75, 3.05) is 26.3 Å². The van der Waals surface area contributed by atoms with Crippen molar-refractivity contribution < 1.29 is 19.1 Å². The quantitative estimate of drug-likeness (QED) is 0.354. The fraction of sp³-hybridized carbons (Fsp3) is 0.286. The van der Waals surface area contributed by atoms with Crippen molar-refractivity contribution in [2.45, 2.75) is 12.5 Å². The van der Waals surface area contributed by atoms with Gasteiger partial charge < -0.3 is 9.64 Å². The van der Waals surface area contributed by atoms with Gasteiger partial charge in [-0.3, -0.25) is 19.3 Å². The Balaban J connectivity index is 1.78. The number of fused-ring (bicyclic) bond motifs is 1. The summed E-state index contributed by atoms with van der Waals surface area (Å²) >= 11 is 24.7. The van der Waals surface area contributed by atoms with Crippen molar-refractivity contribution in [1.29, 1.82) is 0 Å². The molecule has 4 rings (SSSR count). The maximum atomic E-state index is 13.4. The van der Waals surface area contributed by atoms with Crippen LogP contribution >= 0.6 is 46.4 Å². The molecule has 2 aliphatic rings. The Hall–Kier alpha value is -1.83. The number of carbonyl (C=O) groups is 3. The van der Waals surface area contributed by atoms with Crippen LogP contribution in [-0.2, 0) is 16.0 Å². The van der Waals surface area contributed by atoms with Gasteiger partial charge in [-0.1, -0.05) is 76.7 Å². The van der Waals surface area contributed by atoms with Gasteiger partial charge in [-0.2, -0.15) is 0 Å². The van der Waals surface area contributed by atoms with Crippen LogP contribution < -0.4 is 0 Å². The van der Waals surface area contributed by atoms with E-state index in [1.807, 2.05) is 30.3 Å². The van der Waals surface area contributed by atoms with Gasteiger partial charge in [0.15, 0.2) is 0 Å². The standard InChI is InChI=1S/C21H16Cl4N2O4/c22-15-13-14(16(23)18(25)17(15)24)21(30)27(20(13)29)12(10-11-4-2-1-3-5-11)19(28)26-6-8-31-9-7-26/h1-5,12H,6-10H2. The Kier molecular flexibility index (Phi) is 6.47. The van der Waals surface area contributed by atoms with Gasteiger partial charge in [0, 0.05) is 19.5 Å². The van der Waals surface area contributed by atoms with Gasteiger partial charge >= 0.3 is 0 Å². The van der Waals surface area contributed by atoms with Crippen LogP contribution in [-0.4, -0.2) is 59.9 Å². The zero-order chi connectivity index (χ0) is 22.3. The third-order valence-electron chi connectivity index (χ3n) is 5.32. The third kappa shape index (κ3) is 3.92. The molecule has 162 valence electrons. The average Bonchev–Trinajstić information content (AvgIpc) is 3.05. The molecule has 2 aromatic rings. The first-order valence-corrected chi connectivity index (χ1v) is 11.0. The van der Waals surface area contributed by atoms with Gasteiger partial charge in [0.1, 0.15) is 6.04 Å². The molecular weight excluding hydrogens is 486 g/mol. The minimum Gasteiger partial charge on any atom is -0.378 e. The van der Waals surface area contributed by atoms with E-state index >= 15 is 0 Å². The SMILES string of the molecule is O=C(C(Cc1ccccc1)N1C(=O)c2c(Cl)c(Cl)c(Cl)c(Cl)c2C1=O)N1CCOCC1. The summed E-state index contributed by atoms with van der Waals surface area (Å²) in [5, 5.41) is -0.559. The second-order valence-corrected chi connectivity index (χ2v) is 8.64. The smallest absolute Gasteiger partial charge is 0.263 e. The van der Waals surface area contributed by atoms with Gasteiger partial charge in [0.2, 0.25) is 5.91 Å². The van der Waals surface area contributed by atoms with E-state index in [1.165, 1.54) is 0 Å². The van der Waals surface area contributed by atoms with Crippen molar-refractivity contribution in [3.63, 3.8) is 0 Å². The van der Waals surface area contributed by atoms with Crippen LogP contribution in [0, 0.1) is 0 Å². The van der Waals surface area contributed by atoms with Gasteiger partial charge in [-0.05, 0) is 5.56 Å². The van der Waals surface area contributed by atoms with Gasteiger partial charge in [0.25, 0.3) is 11.8 Å². The largest absolute Gasteiger partial charge is 0.378 e. The first-order chi connectivity index (χ1) is 14.8. The first kappa shape index (κ1) is 22.4. The number of carbonyl (C=O) groups excluding carboxylic acids is 3. The van der Waals surface area contributed by atoms with Crippen molar-refractivity contribution >= 4 is 64.1 Å². The van der Waals surface area contributed by atoms with E-state index in [1.54, 1.807) is 4.90 Å². The highest BCUT2D eigenvalue weighted by Crippen LogP contribution is 2.45. The summed E-state index contributed by atoms with van der Waals surface area (Å²) in [4.78, 5) is 42.6. The summed E-state index contributed by atoms with van der Waals surface area (Å²) in [6, 6.07) is 8.05. The highest BCUT2D eigenvalue weighted by Gasteiger charge is 2.47. The number of halogens is 4. The van der Waals surface area contributed by atoms with E-state index in [9.17, 15) is 14.4 Å². The number of amides is 3. The average molecular weight is 502 g/mol. The summed E-state index contributed by atoms with van der Waals surface area (Å²) in [5.41, 5.74) is 0.511. The molecule has 0 N–H and O–H groups in total. The number of ether oxygens (including phenoxy) is 1. The van der Waals surface area contributed by atoms with Crippen LogP contribution in [0.2, 0.25) is 20.1 Å². The summed E-state index contributed by atoms with van der Waals surface area (Å²) in [7, 11) is 0. The zero-order valence-corrected chi connectivity index (χ0v) is 19.1. The Morgan fingerprint density at radius 2 is 1.39 bits per heavy atom. The Bertz CT molecular complexity index is 1020. The lowest BCUT2D eigenvalue weighted by Gasteiger charge is -2.33. The molecule has 3 amide bonds. The second kappa shape index (κ2) is 8.96. The van der Waals surface area contributed by atoms with Crippen LogP contribution in [0.3, 0.4) is 0 Å². The number of benzene rings is 2. The molecular formula is C21H16Cl4N2O4. The fourth-order valence-electron chi connectivity index (χ4n) is 3.77. The van der Waals surface area contributed by atoms with E-state index in [4.69, 9.17) is 51.1 Å². The molecule has 0 spiro atoms. The fourth-order valence-corrected chi connectivity index (χ4v) is 4.78. The predicted molar refractivity (Wildman–Crippen MR) is 118 cm³/mol. The monoisotopic (exact) mass is 500 g/mol. The molecule has 0 radical (unpaired) electrons. The second-order valence-electron chi connectivity index (χ2n) is 7.13. The molecule has 0 aliphatic carbocycles.